The molecule has 0 saturated carbocycles. The monoisotopic (exact) mass is 782 g/mol. The number of hydrogen-bond acceptors (Lipinski definition) is 12. The molecule has 0 saturated heterocycles. The van der Waals surface area contributed by atoms with Crippen LogP contribution in [-0.2, 0) is 18.3 Å². The second-order valence-corrected chi connectivity index (χ2v) is 25.3. The Bertz CT molecular complexity index is 1420. The van der Waals surface area contributed by atoms with E-state index in [2.05, 4.69) is 42.6 Å². The van der Waals surface area contributed by atoms with Crippen LogP contribution < -0.4 is 9.47 Å². The van der Waals surface area contributed by atoms with E-state index in [1.54, 1.807) is 63.7 Å². The minimum atomic E-state index is -2.21. The van der Waals surface area contributed by atoms with Gasteiger partial charge in [-0.05, 0) is 118 Å². The van der Waals surface area contributed by atoms with Crippen LogP contribution in [0.2, 0.25) is 45.3 Å². The van der Waals surface area contributed by atoms with Crippen LogP contribution in [0, 0.1) is 0 Å². The third kappa shape index (κ3) is 23.4. The molecule has 0 aliphatic carbocycles. The van der Waals surface area contributed by atoms with E-state index in [-0.39, 0.29) is 17.3 Å². The largest absolute Gasteiger partial charge is 0.508 e. The summed E-state index contributed by atoms with van der Waals surface area (Å²) in [4.78, 5) is 42.1. The lowest BCUT2D eigenvalue weighted by Gasteiger charge is -2.20. The Kier molecular flexibility index (Phi) is 24.9. The summed E-state index contributed by atoms with van der Waals surface area (Å²) in [6.07, 6.45) is 0.889. The second-order valence-electron chi connectivity index (χ2n) is 12.6. The van der Waals surface area contributed by atoms with Gasteiger partial charge in [0.1, 0.15) is 29.7 Å². The molecule has 0 aliphatic rings. The van der Waals surface area contributed by atoms with Crippen molar-refractivity contribution >= 4 is 42.9 Å². The summed E-state index contributed by atoms with van der Waals surface area (Å²) in [7, 11) is 2.10. The van der Waals surface area contributed by atoms with Crippen molar-refractivity contribution < 1.29 is 62.3 Å². The van der Waals surface area contributed by atoms with E-state index >= 15 is 0 Å². The van der Waals surface area contributed by atoms with Gasteiger partial charge < -0.3 is 47.9 Å². The van der Waals surface area contributed by atoms with Crippen molar-refractivity contribution in [3.05, 3.63) is 89.5 Å². The van der Waals surface area contributed by atoms with Crippen LogP contribution in [0.1, 0.15) is 38.0 Å². The Morgan fingerprint density at radius 3 is 1.21 bits per heavy atom. The number of phenolic OH excluding ortho intramolecular Hbond substituents is 1. The predicted molar refractivity (Wildman–Crippen MR) is 209 cm³/mol. The van der Waals surface area contributed by atoms with E-state index in [1.807, 2.05) is 0 Å². The molecule has 52 heavy (non-hydrogen) atoms. The van der Waals surface area contributed by atoms with Crippen LogP contribution in [0.25, 0.3) is 0 Å². The number of aliphatic hydroxyl groups excluding tert-OH is 1. The first kappa shape index (κ1) is 50.1. The third-order valence-corrected chi connectivity index (χ3v) is 12.4. The molecule has 0 unspecified atom stereocenters. The van der Waals surface area contributed by atoms with Gasteiger partial charge in [-0.1, -0.05) is 6.92 Å². The molecule has 0 spiro atoms. The number of aromatic hydroxyl groups is 1. The Hall–Kier alpha value is -4.04. The molecule has 16 heteroatoms. The van der Waals surface area contributed by atoms with Gasteiger partial charge in [0.25, 0.3) is 0 Å². The maximum atomic E-state index is 11.2. The highest BCUT2D eigenvalue weighted by Crippen LogP contribution is 2.16. The van der Waals surface area contributed by atoms with Gasteiger partial charge in [-0.15, -0.1) is 0 Å². The number of methoxy groups -OCH3 is 2. The zero-order valence-electron chi connectivity index (χ0n) is 32.5. The number of benzene rings is 3. The van der Waals surface area contributed by atoms with Crippen LogP contribution in [0.5, 0.6) is 17.2 Å². The zero-order valence-corrected chi connectivity index (χ0v) is 35.5. The summed E-state index contributed by atoms with van der Waals surface area (Å²) < 4.78 is 30.6. The van der Waals surface area contributed by atoms with Crippen LogP contribution in [0.15, 0.2) is 72.8 Å². The van der Waals surface area contributed by atoms with Gasteiger partial charge in [0.2, 0.25) is 16.6 Å². The van der Waals surface area contributed by atoms with Crippen LogP contribution >= 0.6 is 0 Å². The fourth-order valence-corrected chi connectivity index (χ4v) is 4.38. The minimum Gasteiger partial charge on any atom is -0.508 e. The topological polar surface area (TPSA) is 188 Å². The Morgan fingerprint density at radius 2 is 0.923 bits per heavy atom. The summed E-state index contributed by atoms with van der Waals surface area (Å²) in [5.74, 6) is -0.255. The summed E-state index contributed by atoms with van der Waals surface area (Å²) in [5, 5.41) is 24.5. The normalized spacial score (nSPS) is 10.5. The van der Waals surface area contributed by atoms with E-state index < -0.39 is 36.9 Å². The second kappa shape index (κ2) is 25.8. The highest BCUT2D eigenvalue weighted by molar-refractivity contribution is 6.71. The first-order valence-corrected chi connectivity index (χ1v) is 25.5. The lowest BCUT2D eigenvalue weighted by molar-refractivity contribution is 0.0592. The smallest absolute Gasteiger partial charge is 0.337 e. The number of carboxylic acid groups (broad SMARTS) is 1. The summed E-state index contributed by atoms with van der Waals surface area (Å²) >= 11 is 0. The van der Waals surface area contributed by atoms with Gasteiger partial charge in [0.05, 0.1) is 30.9 Å². The van der Waals surface area contributed by atoms with Gasteiger partial charge in [0, 0.05) is 21.3 Å². The van der Waals surface area contributed by atoms with E-state index in [0.717, 1.165) is 12.9 Å². The fraction of sp³-hybridized carbons (Fsp3) is 0.417. The first-order chi connectivity index (χ1) is 24.2. The number of carbonyl (C=O) groups excluding carboxylic acids is 2. The van der Waals surface area contributed by atoms with E-state index in [0.29, 0.717) is 29.3 Å². The molecule has 13 nitrogen and oxygen atoms in total. The number of esters is 2. The Morgan fingerprint density at radius 1 is 0.577 bits per heavy atom. The minimum absolute atomic E-state index is 0.137. The molecule has 0 aromatic heterocycles. The molecule has 0 amide bonds. The number of aromatic carboxylic acids is 1. The third-order valence-electron chi connectivity index (χ3n) is 6.80. The highest BCUT2D eigenvalue weighted by atomic mass is 28.4. The highest BCUT2D eigenvalue weighted by Gasteiger charge is 2.22. The van der Waals surface area contributed by atoms with Crippen molar-refractivity contribution in [2.24, 2.45) is 0 Å². The van der Waals surface area contributed by atoms with Gasteiger partial charge in [-0.2, -0.15) is 0 Å². The molecule has 3 rings (SSSR count). The number of carbonyl (C=O) groups is 3. The van der Waals surface area contributed by atoms with E-state index in [1.165, 1.54) is 56.7 Å². The number of phenols is 1. The fourth-order valence-electron chi connectivity index (χ4n) is 2.93. The lowest BCUT2D eigenvalue weighted by atomic mass is 10.2. The van der Waals surface area contributed by atoms with E-state index in [9.17, 15) is 19.2 Å². The SMILES string of the molecule is CC[Si](C)(C)OC.CO.COC(=O)c1ccc(O)cc1.COC(=O)c1ccc(OC[Si](C)(C)OC)cc1.C[Si](C)(O)COc1ccc(C(=O)O)cc1. The molecule has 4 N–H and O–H groups in total. The number of ether oxygens (including phenoxy) is 4. The number of aliphatic hydroxyl groups is 1. The lowest BCUT2D eigenvalue weighted by Crippen LogP contribution is -2.37. The molecule has 3 aromatic rings. The summed E-state index contributed by atoms with van der Waals surface area (Å²) in [6, 6.07) is 20.1. The Labute approximate surface area is 311 Å². The molecule has 0 heterocycles. The van der Waals surface area contributed by atoms with Crippen molar-refractivity contribution in [2.75, 3.05) is 48.0 Å². The summed E-state index contributed by atoms with van der Waals surface area (Å²) in [6.45, 7) is 14.3. The molecule has 0 bridgehead atoms. The molecule has 0 radical (unpaired) electrons. The number of hydrogen-bond donors (Lipinski definition) is 4. The van der Waals surface area contributed by atoms with Crippen molar-refractivity contribution in [2.45, 2.75) is 52.2 Å². The van der Waals surface area contributed by atoms with Crippen molar-refractivity contribution in [3.63, 3.8) is 0 Å². The molecule has 0 aliphatic heterocycles. The predicted octanol–water partition coefficient (Wildman–Crippen LogP) is 6.39. The Balaban J connectivity index is 0. The average molecular weight is 783 g/mol. The molecular weight excluding hydrogens is 725 g/mol. The van der Waals surface area contributed by atoms with Gasteiger partial charge in [-0.3, -0.25) is 0 Å². The molecule has 0 atom stereocenters. The molecule has 3 aromatic carbocycles. The standard InChI is InChI=1S/C12H18O4Si.C10H14O4Si.C8H8O3.C5H14OSi.CH4O/c1-14-12(13)10-5-7-11(8-6-10)16-9-17(3,4)15-2;1-15(2,13)7-14-9-5-3-8(4-6-9)10(11)12;1-11-8(10)6-2-4-7(9)5-3-6;1-5-7(3,4)6-2;1-2/h5-8H,9H2,1-4H3;3-6,13H,7H2,1-2H3,(H,11,12);2-5,9H,1H3;5H2,1-4H3;2H,1H3. The van der Waals surface area contributed by atoms with Crippen molar-refractivity contribution in [1.29, 1.82) is 0 Å². The summed E-state index contributed by atoms with van der Waals surface area (Å²) in [5.41, 5.74) is 1.18. The van der Waals surface area contributed by atoms with Crippen molar-refractivity contribution in [1.82, 2.24) is 0 Å². The molecule has 0 fully saturated rings. The number of rotatable bonds is 12. The van der Waals surface area contributed by atoms with Gasteiger partial charge in [0.15, 0.2) is 8.32 Å². The maximum Gasteiger partial charge on any atom is 0.337 e. The van der Waals surface area contributed by atoms with Crippen LogP contribution in [-0.4, -0.2) is 111 Å². The van der Waals surface area contributed by atoms with Crippen LogP contribution in [0.3, 0.4) is 0 Å². The van der Waals surface area contributed by atoms with Crippen molar-refractivity contribution in [3.8, 4) is 17.2 Å². The molecular formula is C36H58O13Si3. The van der Waals surface area contributed by atoms with Gasteiger partial charge >= 0.3 is 17.9 Å². The number of carboxylic acids is 1. The molecule has 292 valence electrons. The van der Waals surface area contributed by atoms with Crippen LogP contribution in [0.4, 0.5) is 0 Å². The quantitative estimate of drug-likeness (QED) is 0.117. The van der Waals surface area contributed by atoms with Gasteiger partial charge in [-0.25, -0.2) is 14.4 Å². The average Bonchev–Trinajstić information content (AvgIpc) is 3.14. The first-order valence-electron chi connectivity index (χ1n) is 16.1. The van der Waals surface area contributed by atoms with E-state index in [4.69, 9.17) is 33.6 Å². The zero-order chi connectivity index (χ0) is 40.5. The maximum absolute atomic E-state index is 11.2.